The van der Waals surface area contributed by atoms with Gasteiger partial charge in [0.1, 0.15) is 0 Å². The van der Waals surface area contributed by atoms with Crippen LogP contribution in [-0.4, -0.2) is 37.4 Å². The van der Waals surface area contributed by atoms with Crippen molar-refractivity contribution < 1.29 is 13.2 Å². The molecular weight excluding hydrogens is 374 g/mol. The van der Waals surface area contributed by atoms with E-state index in [-0.39, 0.29) is 10.8 Å². The van der Waals surface area contributed by atoms with Gasteiger partial charge in [0.25, 0.3) is 5.91 Å². The van der Waals surface area contributed by atoms with Crippen molar-refractivity contribution in [1.82, 2.24) is 9.73 Å². The van der Waals surface area contributed by atoms with Crippen LogP contribution in [0.2, 0.25) is 0 Å². The number of amides is 1. The summed E-state index contributed by atoms with van der Waals surface area (Å²) in [6, 6.07) is 6.17. The topological polar surface area (TPSA) is 78.8 Å². The molecule has 1 N–H and O–H groups in total. The number of sulfonamides is 1. The number of hydrogen-bond donors (Lipinski definition) is 1. The molecule has 0 bridgehead atoms. The molecule has 28 heavy (non-hydrogen) atoms. The van der Waals surface area contributed by atoms with Gasteiger partial charge >= 0.3 is 0 Å². The van der Waals surface area contributed by atoms with Gasteiger partial charge in [0.15, 0.2) is 0 Å². The highest BCUT2D eigenvalue weighted by molar-refractivity contribution is 7.89. The van der Waals surface area contributed by atoms with Crippen molar-refractivity contribution in [3.8, 4) is 0 Å². The Morgan fingerprint density at radius 3 is 2.36 bits per heavy atom. The summed E-state index contributed by atoms with van der Waals surface area (Å²) in [6.45, 7) is 1.15. The zero-order chi connectivity index (χ0) is 19.6. The monoisotopic (exact) mass is 403 g/mol. The second-order valence-corrected chi connectivity index (χ2v) is 10.2. The third kappa shape index (κ3) is 4.15. The highest BCUT2D eigenvalue weighted by Gasteiger charge is 2.30. The van der Waals surface area contributed by atoms with Crippen LogP contribution in [0.4, 0.5) is 0 Å². The Balaban J connectivity index is 1.37. The first-order valence-electron chi connectivity index (χ1n) is 10.5. The van der Waals surface area contributed by atoms with Crippen molar-refractivity contribution in [3.05, 3.63) is 29.8 Å². The first-order chi connectivity index (χ1) is 13.5. The smallest absolute Gasteiger partial charge is 0.267 e. The molecule has 2 aliphatic carbocycles. The summed E-state index contributed by atoms with van der Waals surface area (Å²) in [5, 5.41) is 4.38. The van der Waals surface area contributed by atoms with Crippen molar-refractivity contribution in [2.45, 2.75) is 62.7 Å². The fourth-order valence-corrected chi connectivity index (χ4v) is 6.36. The molecule has 0 spiro atoms. The van der Waals surface area contributed by atoms with E-state index in [4.69, 9.17) is 0 Å². The zero-order valence-corrected chi connectivity index (χ0v) is 17.1. The van der Waals surface area contributed by atoms with Crippen LogP contribution in [0.15, 0.2) is 34.3 Å². The Bertz CT molecular complexity index is 842. The maximum absolute atomic E-state index is 12.6. The molecule has 2 saturated carbocycles. The molecule has 1 aromatic rings. The van der Waals surface area contributed by atoms with Crippen molar-refractivity contribution >= 4 is 21.6 Å². The number of carbonyl (C=O) groups excluding carboxylic acids is 1. The van der Waals surface area contributed by atoms with E-state index >= 15 is 0 Å². The lowest BCUT2D eigenvalue weighted by molar-refractivity contribution is 0.0954. The molecule has 4 rings (SSSR count). The lowest BCUT2D eigenvalue weighted by atomic mass is 9.70. The highest BCUT2D eigenvalue weighted by Crippen LogP contribution is 2.39. The predicted molar refractivity (Wildman–Crippen MR) is 109 cm³/mol. The normalized spacial score (nSPS) is 27.5. The number of carbonyl (C=O) groups is 1. The Morgan fingerprint density at radius 1 is 0.964 bits per heavy atom. The summed E-state index contributed by atoms with van der Waals surface area (Å²) in [5.74, 6) is 1.28. The number of hydrogen-bond acceptors (Lipinski definition) is 4. The van der Waals surface area contributed by atoms with Gasteiger partial charge in [-0.2, -0.15) is 9.41 Å². The van der Waals surface area contributed by atoms with Gasteiger partial charge in [0.05, 0.1) is 4.90 Å². The van der Waals surface area contributed by atoms with E-state index in [1.807, 2.05) is 0 Å². The van der Waals surface area contributed by atoms with Gasteiger partial charge in [-0.15, -0.1) is 0 Å². The minimum atomic E-state index is -3.45. The summed E-state index contributed by atoms with van der Waals surface area (Å²) in [7, 11) is -3.45. The Kier molecular flexibility index (Phi) is 5.83. The molecule has 0 aromatic heterocycles. The van der Waals surface area contributed by atoms with Gasteiger partial charge in [0.2, 0.25) is 10.0 Å². The fourth-order valence-electron chi connectivity index (χ4n) is 4.84. The lowest BCUT2D eigenvalue weighted by Gasteiger charge is -2.35. The molecule has 1 amide bonds. The molecule has 1 saturated heterocycles. The average Bonchev–Trinajstić information content (AvgIpc) is 3.28. The second-order valence-electron chi connectivity index (χ2n) is 8.30. The summed E-state index contributed by atoms with van der Waals surface area (Å²) in [5.41, 5.74) is 4.18. The minimum Gasteiger partial charge on any atom is -0.267 e. The predicted octanol–water partition coefficient (Wildman–Crippen LogP) is 3.55. The van der Waals surface area contributed by atoms with E-state index in [0.29, 0.717) is 18.7 Å². The molecule has 0 radical (unpaired) electrons. The van der Waals surface area contributed by atoms with Gasteiger partial charge < -0.3 is 0 Å². The van der Waals surface area contributed by atoms with Crippen LogP contribution < -0.4 is 5.43 Å². The van der Waals surface area contributed by atoms with E-state index in [0.717, 1.165) is 43.2 Å². The lowest BCUT2D eigenvalue weighted by Crippen LogP contribution is -2.30. The standard InChI is InChI=1S/C21H29N3O3S/c25-21(23-22-19-10-7-16-5-1-2-6-18(16)15-19)17-8-11-20(12-9-17)28(26,27)24-13-3-4-14-24/h8-9,11-12,16,18H,1-7,10,13-15H2,(H,23,25)/b22-19+/t16-,18-/m0/s1. The Hall–Kier alpha value is -1.73. The maximum atomic E-state index is 12.6. The average molecular weight is 404 g/mol. The van der Waals surface area contributed by atoms with Gasteiger partial charge in [-0.1, -0.05) is 19.3 Å². The third-order valence-corrected chi connectivity index (χ3v) is 8.42. The van der Waals surface area contributed by atoms with E-state index in [1.165, 1.54) is 48.5 Å². The van der Waals surface area contributed by atoms with E-state index in [2.05, 4.69) is 10.5 Å². The van der Waals surface area contributed by atoms with Gasteiger partial charge in [0, 0.05) is 24.4 Å². The minimum absolute atomic E-state index is 0.243. The van der Waals surface area contributed by atoms with Crippen molar-refractivity contribution in [2.75, 3.05) is 13.1 Å². The fraction of sp³-hybridized carbons (Fsp3) is 0.619. The number of nitrogens with zero attached hydrogens (tertiary/aromatic N) is 2. The molecule has 0 unspecified atom stereocenters. The van der Waals surface area contributed by atoms with E-state index in [1.54, 1.807) is 12.1 Å². The first kappa shape index (κ1) is 19.6. The van der Waals surface area contributed by atoms with Crippen molar-refractivity contribution in [3.63, 3.8) is 0 Å². The van der Waals surface area contributed by atoms with Gasteiger partial charge in [-0.05, 0) is 74.6 Å². The summed E-state index contributed by atoms with van der Waals surface area (Å²) in [4.78, 5) is 12.7. The van der Waals surface area contributed by atoms with Crippen LogP contribution in [0.3, 0.4) is 0 Å². The van der Waals surface area contributed by atoms with E-state index < -0.39 is 10.0 Å². The van der Waals surface area contributed by atoms with Crippen LogP contribution in [0, 0.1) is 11.8 Å². The molecular formula is C21H29N3O3S. The highest BCUT2D eigenvalue weighted by atomic mass is 32.2. The second kappa shape index (κ2) is 8.33. The molecule has 1 heterocycles. The largest absolute Gasteiger partial charge is 0.271 e. The summed E-state index contributed by atoms with van der Waals surface area (Å²) >= 11 is 0. The molecule has 1 aliphatic heterocycles. The van der Waals surface area contributed by atoms with Crippen molar-refractivity contribution in [2.24, 2.45) is 16.9 Å². The number of rotatable bonds is 4. The number of fused-ring (bicyclic) bond motifs is 1. The molecule has 1 aromatic carbocycles. The number of nitrogens with one attached hydrogen (secondary N) is 1. The van der Waals surface area contributed by atoms with Crippen LogP contribution in [0.1, 0.15) is 68.1 Å². The Labute approximate surface area is 167 Å². The van der Waals surface area contributed by atoms with E-state index in [9.17, 15) is 13.2 Å². The molecule has 3 fully saturated rings. The molecule has 7 heteroatoms. The SMILES string of the molecule is O=C(N/N=C1\CC[C@@H]2CCCC[C@H]2C1)c1ccc(S(=O)(=O)N2CCCC2)cc1. The summed E-state index contributed by atoms with van der Waals surface area (Å²) < 4.78 is 26.6. The molecule has 3 aliphatic rings. The van der Waals surface area contributed by atoms with Crippen LogP contribution in [-0.2, 0) is 10.0 Å². The van der Waals surface area contributed by atoms with Crippen molar-refractivity contribution in [1.29, 1.82) is 0 Å². The summed E-state index contributed by atoms with van der Waals surface area (Å²) in [6.07, 6.45) is 10.3. The molecule has 2 atom stereocenters. The Morgan fingerprint density at radius 2 is 1.64 bits per heavy atom. The van der Waals surface area contributed by atoms with Crippen LogP contribution in [0.25, 0.3) is 0 Å². The number of hydrazone groups is 1. The number of benzene rings is 1. The molecule has 152 valence electrons. The zero-order valence-electron chi connectivity index (χ0n) is 16.3. The molecule has 6 nitrogen and oxygen atoms in total. The third-order valence-electron chi connectivity index (χ3n) is 6.50. The quantitative estimate of drug-likeness (QED) is 0.781. The van der Waals surface area contributed by atoms with Crippen LogP contribution >= 0.6 is 0 Å². The maximum Gasteiger partial charge on any atom is 0.271 e. The van der Waals surface area contributed by atoms with Gasteiger partial charge in [-0.25, -0.2) is 13.8 Å². The van der Waals surface area contributed by atoms with Gasteiger partial charge in [-0.3, -0.25) is 4.79 Å². The van der Waals surface area contributed by atoms with Crippen LogP contribution in [0.5, 0.6) is 0 Å². The first-order valence-corrected chi connectivity index (χ1v) is 11.9.